The van der Waals surface area contributed by atoms with Gasteiger partial charge in [-0.1, -0.05) is 32.6 Å². The summed E-state index contributed by atoms with van der Waals surface area (Å²) in [5.74, 6) is 0. The lowest BCUT2D eigenvalue weighted by molar-refractivity contribution is 0.630. The Bertz CT molecular complexity index is 311. The van der Waals surface area contributed by atoms with Crippen LogP contribution in [0.25, 0.3) is 0 Å². The number of unbranched alkanes of at least 4 members (excludes halogenated alkanes) is 4. The number of hydrogen-bond donors (Lipinski definition) is 2. The second-order valence-electron chi connectivity index (χ2n) is 3.85. The molecule has 0 bridgehead atoms. The zero-order chi connectivity index (χ0) is 10.4. The van der Waals surface area contributed by atoms with E-state index in [-0.39, 0.29) is 5.56 Å². The van der Waals surface area contributed by atoms with Crippen molar-refractivity contribution in [2.24, 2.45) is 0 Å². The normalized spacial score (nSPS) is 10.7. The van der Waals surface area contributed by atoms with Gasteiger partial charge in [-0.2, -0.15) is 0 Å². The Balaban J connectivity index is 2.28. The largest absolute Gasteiger partial charge is 0.302 e. The minimum absolute atomic E-state index is 0.0537. The highest BCUT2D eigenvalue weighted by atomic mass is 16.1. The summed E-state index contributed by atoms with van der Waals surface area (Å²) in [7, 11) is 0. The fourth-order valence-corrected chi connectivity index (χ4v) is 1.68. The number of nitrogens with one attached hydrogen (secondary N) is 2. The first-order valence-electron chi connectivity index (χ1n) is 5.51. The van der Waals surface area contributed by atoms with Crippen LogP contribution >= 0.6 is 0 Å². The maximum absolute atomic E-state index is 11.3. The maximum Gasteiger partial charge on any atom is 0.267 e. The summed E-state index contributed by atoms with van der Waals surface area (Å²) in [6.45, 7) is 4.15. The van der Waals surface area contributed by atoms with E-state index in [9.17, 15) is 4.79 Å². The zero-order valence-corrected chi connectivity index (χ0v) is 9.15. The third-order valence-electron chi connectivity index (χ3n) is 2.62. The van der Waals surface area contributed by atoms with Gasteiger partial charge in [0.25, 0.3) is 5.56 Å². The van der Waals surface area contributed by atoms with E-state index in [1.165, 1.54) is 25.7 Å². The molecule has 80 valence electrons. The molecule has 0 radical (unpaired) electrons. The number of aromatic amines is 2. The average Bonchev–Trinajstić information content (AvgIpc) is 2.48. The monoisotopic (exact) mass is 196 g/mol. The molecule has 3 heteroatoms. The molecule has 1 rings (SSSR count). The first-order chi connectivity index (χ1) is 6.75. The van der Waals surface area contributed by atoms with Crippen LogP contribution in [0.1, 0.15) is 50.3 Å². The second-order valence-corrected chi connectivity index (χ2v) is 3.85. The molecular weight excluding hydrogens is 176 g/mol. The summed E-state index contributed by atoms with van der Waals surface area (Å²) in [5.41, 5.74) is 1.98. The Morgan fingerprint density at radius 2 is 1.79 bits per heavy atom. The van der Waals surface area contributed by atoms with Gasteiger partial charge in [0.2, 0.25) is 0 Å². The minimum atomic E-state index is 0.0537. The summed E-state index contributed by atoms with van der Waals surface area (Å²) in [6.07, 6.45) is 7.14. The molecule has 1 aromatic rings. The predicted octanol–water partition coefficient (Wildman–Crippen LogP) is 2.52. The van der Waals surface area contributed by atoms with Crippen molar-refractivity contribution in [2.75, 3.05) is 0 Å². The van der Waals surface area contributed by atoms with Crippen molar-refractivity contribution in [3.05, 3.63) is 21.6 Å². The Hall–Kier alpha value is -0.990. The van der Waals surface area contributed by atoms with Crippen LogP contribution in [0.5, 0.6) is 0 Å². The van der Waals surface area contributed by atoms with E-state index in [1.807, 2.05) is 6.92 Å². The quantitative estimate of drug-likeness (QED) is 0.675. The van der Waals surface area contributed by atoms with Gasteiger partial charge in [-0.25, -0.2) is 0 Å². The smallest absolute Gasteiger partial charge is 0.267 e. The Labute approximate surface area is 84.9 Å². The molecule has 0 unspecified atom stereocenters. The molecule has 2 N–H and O–H groups in total. The van der Waals surface area contributed by atoms with Gasteiger partial charge >= 0.3 is 0 Å². The lowest BCUT2D eigenvalue weighted by atomic mass is 10.1. The molecule has 0 amide bonds. The molecule has 14 heavy (non-hydrogen) atoms. The Morgan fingerprint density at radius 1 is 1.07 bits per heavy atom. The summed E-state index contributed by atoms with van der Waals surface area (Å²) in [6, 6.07) is 0. The van der Waals surface area contributed by atoms with E-state index >= 15 is 0 Å². The fourth-order valence-electron chi connectivity index (χ4n) is 1.68. The van der Waals surface area contributed by atoms with E-state index in [0.29, 0.717) is 0 Å². The molecule has 0 aliphatic rings. The van der Waals surface area contributed by atoms with E-state index in [4.69, 9.17) is 0 Å². The third kappa shape index (κ3) is 3.05. The minimum Gasteiger partial charge on any atom is -0.302 e. The number of rotatable bonds is 6. The molecule has 3 nitrogen and oxygen atoms in total. The van der Waals surface area contributed by atoms with Gasteiger partial charge in [0.1, 0.15) is 0 Å². The highest BCUT2D eigenvalue weighted by Gasteiger charge is 2.04. The van der Waals surface area contributed by atoms with Crippen LogP contribution < -0.4 is 5.56 Å². The lowest BCUT2D eigenvalue weighted by Gasteiger charge is -1.98. The van der Waals surface area contributed by atoms with Gasteiger partial charge in [-0.15, -0.1) is 0 Å². The molecule has 1 aromatic heterocycles. The maximum atomic E-state index is 11.3. The SMILES string of the molecule is CCCCCCCc1c(C)[nH][nH]c1=O. The van der Waals surface area contributed by atoms with Crippen LogP contribution in [-0.4, -0.2) is 10.2 Å². The average molecular weight is 196 g/mol. The van der Waals surface area contributed by atoms with Gasteiger partial charge in [0.05, 0.1) is 0 Å². The van der Waals surface area contributed by atoms with Crippen molar-refractivity contribution in [2.45, 2.75) is 52.4 Å². The third-order valence-corrected chi connectivity index (χ3v) is 2.62. The van der Waals surface area contributed by atoms with Crippen LogP contribution in [0.3, 0.4) is 0 Å². The molecule has 0 spiro atoms. The van der Waals surface area contributed by atoms with Crippen molar-refractivity contribution in [1.82, 2.24) is 10.2 Å². The van der Waals surface area contributed by atoms with E-state index < -0.39 is 0 Å². The molecule has 1 heterocycles. The molecule has 0 saturated heterocycles. The fraction of sp³-hybridized carbons (Fsp3) is 0.727. The first kappa shape index (κ1) is 11.1. The van der Waals surface area contributed by atoms with Gasteiger partial charge in [-0.3, -0.25) is 9.89 Å². The Morgan fingerprint density at radius 3 is 2.36 bits per heavy atom. The van der Waals surface area contributed by atoms with Crippen LogP contribution in [0, 0.1) is 6.92 Å². The second kappa shape index (κ2) is 5.68. The van der Waals surface area contributed by atoms with Crippen molar-refractivity contribution in [1.29, 1.82) is 0 Å². The molecule has 0 saturated carbocycles. The van der Waals surface area contributed by atoms with E-state index in [0.717, 1.165) is 24.1 Å². The summed E-state index contributed by atoms with van der Waals surface area (Å²) in [4.78, 5) is 11.3. The number of aromatic nitrogens is 2. The van der Waals surface area contributed by atoms with Crippen LogP contribution in [0.2, 0.25) is 0 Å². The number of aryl methyl sites for hydroxylation is 1. The molecule has 0 aliphatic heterocycles. The van der Waals surface area contributed by atoms with Crippen LogP contribution in [-0.2, 0) is 6.42 Å². The van der Waals surface area contributed by atoms with Crippen molar-refractivity contribution >= 4 is 0 Å². The van der Waals surface area contributed by atoms with Crippen molar-refractivity contribution in [3.8, 4) is 0 Å². The van der Waals surface area contributed by atoms with Crippen molar-refractivity contribution < 1.29 is 0 Å². The van der Waals surface area contributed by atoms with E-state index in [2.05, 4.69) is 17.1 Å². The molecule has 0 aliphatic carbocycles. The predicted molar refractivity (Wildman–Crippen MR) is 58.6 cm³/mol. The molecule has 0 atom stereocenters. The van der Waals surface area contributed by atoms with Crippen LogP contribution in [0.15, 0.2) is 4.79 Å². The highest BCUT2D eigenvalue weighted by molar-refractivity contribution is 5.14. The van der Waals surface area contributed by atoms with Crippen molar-refractivity contribution in [3.63, 3.8) is 0 Å². The summed E-state index contributed by atoms with van der Waals surface area (Å²) >= 11 is 0. The molecule has 0 aromatic carbocycles. The van der Waals surface area contributed by atoms with E-state index in [1.54, 1.807) is 0 Å². The van der Waals surface area contributed by atoms with Crippen LogP contribution in [0.4, 0.5) is 0 Å². The topological polar surface area (TPSA) is 48.6 Å². The van der Waals surface area contributed by atoms with Gasteiger partial charge < -0.3 is 5.10 Å². The lowest BCUT2D eigenvalue weighted by Crippen LogP contribution is -2.06. The number of H-pyrrole nitrogens is 2. The zero-order valence-electron chi connectivity index (χ0n) is 9.15. The highest BCUT2D eigenvalue weighted by Crippen LogP contribution is 2.07. The van der Waals surface area contributed by atoms with Gasteiger partial charge in [0.15, 0.2) is 0 Å². The Kier molecular flexibility index (Phi) is 4.50. The standard InChI is InChI=1S/C11H20N2O/c1-3-4-5-6-7-8-10-9(2)12-13-11(10)14/h3-8H2,1-2H3,(H2,12,13,14). The van der Waals surface area contributed by atoms with Gasteiger partial charge in [0, 0.05) is 11.3 Å². The summed E-state index contributed by atoms with van der Waals surface area (Å²) in [5, 5.41) is 5.46. The molecule has 0 fully saturated rings. The van der Waals surface area contributed by atoms with Gasteiger partial charge in [-0.05, 0) is 19.8 Å². The molecular formula is C11H20N2O. The number of hydrogen-bond acceptors (Lipinski definition) is 1. The first-order valence-corrected chi connectivity index (χ1v) is 5.51. The summed E-state index contributed by atoms with van der Waals surface area (Å²) < 4.78 is 0.